The van der Waals surface area contributed by atoms with Crippen LogP contribution in [0.2, 0.25) is 0 Å². The maximum Gasteiger partial charge on any atom is 0.0195 e. The number of hydrogen-bond donors (Lipinski definition) is 1. The van der Waals surface area contributed by atoms with Crippen molar-refractivity contribution in [2.75, 3.05) is 13.1 Å². The lowest BCUT2D eigenvalue weighted by Crippen LogP contribution is -2.48. The molecule has 1 heterocycles. The molecule has 3 fully saturated rings. The zero-order valence-electron chi connectivity index (χ0n) is 13.1. The molecule has 1 N–H and O–H groups in total. The van der Waals surface area contributed by atoms with Crippen LogP contribution in [0, 0.1) is 11.3 Å². The van der Waals surface area contributed by atoms with Crippen molar-refractivity contribution < 1.29 is 0 Å². The van der Waals surface area contributed by atoms with Crippen molar-refractivity contribution >= 4 is 0 Å². The molecule has 0 amide bonds. The van der Waals surface area contributed by atoms with E-state index in [1.54, 1.807) is 0 Å². The summed E-state index contributed by atoms with van der Waals surface area (Å²) >= 11 is 0. The quantitative estimate of drug-likeness (QED) is 0.837. The lowest BCUT2D eigenvalue weighted by Gasteiger charge is -2.45. The SMILES string of the molecule is CC1CC(N(CC2CCCN2)C2CC2)CC(C)(C)C1. The average molecular weight is 264 g/mol. The zero-order valence-corrected chi connectivity index (χ0v) is 13.1. The Morgan fingerprint density at radius 3 is 2.47 bits per heavy atom. The lowest BCUT2D eigenvalue weighted by molar-refractivity contribution is 0.0564. The molecule has 3 unspecified atom stereocenters. The van der Waals surface area contributed by atoms with Crippen LogP contribution in [0.4, 0.5) is 0 Å². The monoisotopic (exact) mass is 264 g/mol. The summed E-state index contributed by atoms with van der Waals surface area (Å²) in [6.45, 7) is 9.99. The van der Waals surface area contributed by atoms with Crippen LogP contribution >= 0.6 is 0 Å². The van der Waals surface area contributed by atoms with E-state index in [1.807, 2.05) is 0 Å². The van der Waals surface area contributed by atoms with Crippen molar-refractivity contribution in [3.8, 4) is 0 Å². The largest absolute Gasteiger partial charge is 0.313 e. The Hall–Kier alpha value is -0.0800. The van der Waals surface area contributed by atoms with Crippen LogP contribution in [0.15, 0.2) is 0 Å². The minimum atomic E-state index is 0.554. The van der Waals surface area contributed by atoms with Gasteiger partial charge in [-0.3, -0.25) is 4.90 Å². The van der Waals surface area contributed by atoms with E-state index in [1.165, 1.54) is 58.0 Å². The maximum absolute atomic E-state index is 3.70. The Kier molecular flexibility index (Phi) is 3.92. The van der Waals surface area contributed by atoms with E-state index in [9.17, 15) is 0 Å². The van der Waals surface area contributed by atoms with Gasteiger partial charge in [0.05, 0.1) is 0 Å². The van der Waals surface area contributed by atoms with Gasteiger partial charge in [-0.2, -0.15) is 0 Å². The van der Waals surface area contributed by atoms with Gasteiger partial charge in [0, 0.05) is 24.7 Å². The van der Waals surface area contributed by atoms with Crippen molar-refractivity contribution in [2.45, 2.75) is 83.8 Å². The van der Waals surface area contributed by atoms with Gasteiger partial charge < -0.3 is 5.32 Å². The fourth-order valence-corrected chi connectivity index (χ4v) is 4.72. The smallest absolute Gasteiger partial charge is 0.0195 e. The molecule has 0 bridgehead atoms. The second-order valence-electron chi connectivity index (χ2n) is 8.29. The number of nitrogens with zero attached hydrogens (tertiary/aromatic N) is 1. The maximum atomic E-state index is 3.70. The summed E-state index contributed by atoms with van der Waals surface area (Å²) < 4.78 is 0. The van der Waals surface area contributed by atoms with E-state index in [-0.39, 0.29) is 0 Å². The van der Waals surface area contributed by atoms with Crippen molar-refractivity contribution in [1.82, 2.24) is 10.2 Å². The molecular formula is C17H32N2. The second kappa shape index (κ2) is 5.37. The first kappa shape index (κ1) is 13.9. The van der Waals surface area contributed by atoms with Gasteiger partial charge in [-0.15, -0.1) is 0 Å². The van der Waals surface area contributed by atoms with Crippen molar-refractivity contribution in [3.05, 3.63) is 0 Å². The normalized spacial score (nSPS) is 38.8. The first-order chi connectivity index (χ1) is 9.03. The van der Waals surface area contributed by atoms with Crippen LogP contribution in [0.25, 0.3) is 0 Å². The van der Waals surface area contributed by atoms with Crippen LogP contribution in [0.5, 0.6) is 0 Å². The van der Waals surface area contributed by atoms with Crippen LogP contribution in [-0.2, 0) is 0 Å². The highest BCUT2D eigenvalue weighted by molar-refractivity contribution is 4.96. The summed E-state index contributed by atoms with van der Waals surface area (Å²) in [4.78, 5) is 2.90. The van der Waals surface area contributed by atoms with Crippen LogP contribution in [-0.4, -0.2) is 36.1 Å². The van der Waals surface area contributed by atoms with Gasteiger partial charge in [0.25, 0.3) is 0 Å². The van der Waals surface area contributed by atoms with Gasteiger partial charge in [0.2, 0.25) is 0 Å². The minimum Gasteiger partial charge on any atom is -0.313 e. The van der Waals surface area contributed by atoms with Gasteiger partial charge >= 0.3 is 0 Å². The van der Waals surface area contributed by atoms with Crippen molar-refractivity contribution in [2.24, 2.45) is 11.3 Å². The molecule has 0 aromatic heterocycles. The lowest BCUT2D eigenvalue weighted by atomic mass is 9.70. The summed E-state index contributed by atoms with van der Waals surface area (Å²) in [6.07, 6.45) is 9.97. The number of nitrogens with one attached hydrogen (secondary N) is 1. The summed E-state index contributed by atoms with van der Waals surface area (Å²) in [5, 5.41) is 3.70. The number of hydrogen-bond acceptors (Lipinski definition) is 2. The summed E-state index contributed by atoms with van der Waals surface area (Å²) in [6, 6.07) is 2.56. The first-order valence-corrected chi connectivity index (χ1v) is 8.53. The molecule has 0 aromatic rings. The van der Waals surface area contributed by atoms with Gasteiger partial charge in [-0.1, -0.05) is 20.8 Å². The topological polar surface area (TPSA) is 15.3 Å². The molecule has 0 spiro atoms. The molecule has 0 radical (unpaired) electrons. The fourth-order valence-electron chi connectivity index (χ4n) is 4.72. The van der Waals surface area contributed by atoms with Gasteiger partial charge in [-0.25, -0.2) is 0 Å². The predicted octanol–water partition coefficient (Wildman–Crippen LogP) is 3.42. The van der Waals surface area contributed by atoms with E-state index in [0.717, 1.165) is 24.0 Å². The molecule has 2 heteroatoms. The molecule has 2 aliphatic carbocycles. The highest BCUT2D eigenvalue weighted by atomic mass is 15.2. The van der Waals surface area contributed by atoms with E-state index in [0.29, 0.717) is 5.41 Å². The van der Waals surface area contributed by atoms with Crippen LogP contribution in [0.1, 0.15) is 65.7 Å². The fraction of sp³-hybridized carbons (Fsp3) is 1.00. The Bertz CT molecular complexity index is 302. The highest BCUT2D eigenvalue weighted by Gasteiger charge is 2.41. The molecule has 110 valence electrons. The predicted molar refractivity (Wildman–Crippen MR) is 81.3 cm³/mol. The molecule has 3 aliphatic rings. The van der Waals surface area contributed by atoms with Gasteiger partial charge in [0.1, 0.15) is 0 Å². The third-order valence-corrected chi connectivity index (χ3v) is 5.44. The Morgan fingerprint density at radius 2 is 1.89 bits per heavy atom. The summed E-state index contributed by atoms with van der Waals surface area (Å²) in [7, 11) is 0. The van der Waals surface area contributed by atoms with Crippen molar-refractivity contribution in [1.29, 1.82) is 0 Å². The zero-order chi connectivity index (χ0) is 13.5. The molecular weight excluding hydrogens is 232 g/mol. The molecule has 2 saturated carbocycles. The van der Waals surface area contributed by atoms with E-state index in [4.69, 9.17) is 0 Å². The Morgan fingerprint density at radius 1 is 1.11 bits per heavy atom. The van der Waals surface area contributed by atoms with Crippen LogP contribution in [0.3, 0.4) is 0 Å². The van der Waals surface area contributed by atoms with Crippen LogP contribution < -0.4 is 5.32 Å². The van der Waals surface area contributed by atoms with Gasteiger partial charge in [0.15, 0.2) is 0 Å². The van der Waals surface area contributed by atoms with Crippen molar-refractivity contribution in [3.63, 3.8) is 0 Å². The highest BCUT2D eigenvalue weighted by Crippen LogP contribution is 2.43. The standard InChI is InChI=1S/C17H32N2/c1-13-9-16(11-17(2,3)10-13)19(15-6-7-15)12-14-5-4-8-18-14/h13-16,18H,4-12H2,1-3H3. The van der Waals surface area contributed by atoms with E-state index in [2.05, 4.69) is 31.0 Å². The molecule has 3 atom stereocenters. The third-order valence-electron chi connectivity index (χ3n) is 5.44. The van der Waals surface area contributed by atoms with Gasteiger partial charge in [-0.05, 0) is 62.8 Å². The van der Waals surface area contributed by atoms with E-state index >= 15 is 0 Å². The molecule has 1 saturated heterocycles. The van der Waals surface area contributed by atoms with E-state index < -0.39 is 0 Å². The average Bonchev–Trinajstić information content (AvgIpc) is 3.00. The number of rotatable bonds is 4. The molecule has 19 heavy (non-hydrogen) atoms. The Balaban J connectivity index is 1.65. The summed E-state index contributed by atoms with van der Waals surface area (Å²) in [5.74, 6) is 0.909. The molecule has 0 aromatic carbocycles. The Labute approximate surface area is 119 Å². The molecule has 3 rings (SSSR count). The minimum absolute atomic E-state index is 0.554. The second-order valence-corrected chi connectivity index (χ2v) is 8.29. The first-order valence-electron chi connectivity index (χ1n) is 8.53. The molecule has 2 nitrogen and oxygen atoms in total. The molecule has 1 aliphatic heterocycles. The third kappa shape index (κ3) is 3.52. The summed E-state index contributed by atoms with van der Waals surface area (Å²) in [5.41, 5.74) is 0.554.